The second-order valence-corrected chi connectivity index (χ2v) is 4.64. The fourth-order valence-electron chi connectivity index (χ4n) is 1.67. The van der Waals surface area contributed by atoms with Gasteiger partial charge in [0.15, 0.2) is 5.75 Å². The maximum absolute atomic E-state index is 11.0. The molecule has 22 heavy (non-hydrogen) atoms. The highest BCUT2D eigenvalue weighted by Crippen LogP contribution is 2.26. The van der Waals surface area contributed by atoms with E-state index in [1.165, 1.54) is 36.5 Å². The highest BCUT2D eigenvalue weighted by Gasteiger charge is 2.13. The molecule has 0 saturated carbocycles. The minimum absolute atomic E-state index is 0.0896. The number of carbonyl (C=O) groups is 1. The zero-order valence-electron chi connectivity index (χ0n) is 10.9. The predicted molar refractivity (Wildman–Crippen MR) is 80.4 cm³/mol. The summed E-state index contributed by atoms with van der Waals surface area (Å²) in [6.45, 7) is 0. The second kappa shape index (κ2) is 6.23. The Balaban J connectivity index is 2.33. The van der Waals surface area contributed by atoms with Gasteiger partial charge >= 0.3 is 11.7 Å². The van der Waals surface area contributed by atoms with Crippen LogP contribution in [0.4, 0.5) is 11.4 Å². The van der Waals surface area contributed by atoms with Gasteiger partial charge in [-0.25, -0.2) is 4.79 Å². The van der Waals surface area contributed by atoms with Crippen LogP contribution < -0.4 is 0 Å². The Morgan fingerprint density at radius 1 is 1.27 bits per heavy atom. The highest BCUT2D eigenvalue weighted by molar-refractivity contribution is 6.33. The summed E-state index contributed by atoms with van der Waals surface area (Å²) in [5, 5.41) is 29.1. The van der Waals surface area contributed by atoms with Crippen LogP contribution >= 0.6 is 11.6 Å². The van der Waals surface area contributed by atoms with E-state index in [-0.39, 0.29) is 10.6 Å². The van der Waals surface area contributed by atoms with Crippen LogP contribution in [0.1, 0.15) is 15.9 Å². The van der Waals surface area contributed by atoms with Gasteiger partial charge in [-0.2, -0.15) is 0 Å². The number of nitrogens with zero attached hydrogens (tertiary/aromatic N) is 2. The van der Waals surface area contributed by atoms with Gasteiger partial charge in [0.1, 0.15) is 0 Å². The first-order chi connectivity index (χ1) is 10.4. The molecular formula is C14H9ClN2O5. The van der Waals surface area contributed by atoms with Gasteiger partial charge in [-0.3, -0.25) is 15.1 Å². The van der Waals surface area contributed by atoms with Gasteiger partial charge in [-0.05, 0) is 35.9 Å². The third-order valence-electron chi connectivity index (χ3n) is 2.74. The number of halogens is 1. The normalized spacial score (nSPS) is 10.8. The van der Waals surface area contributed by atoms with Gasteiger partial charge in [0.05, 0.1) is 21.2 Å². The van der Waals surface area contributed by atoms with Gasteiger partial charge in [0.25, 0.3) is 0 Å². The van der Waals surface area contributed by atoms with Crippen LogP contribution in [0.15, 0.2) is 41.4 Å². The summed E-state index contributed by atoms with van der Waals surface area (Å²) in [6.07, 6.45) is 1.32. The number of aromatic hydroxyl groups is 1. The maximum atomic E-state index is 11.0. The second-order valence-electron chi connectivity index (χ2n) is 4.23. The number of hydrogen-bond acceptors (Lipinski definition) is 5. The van der Waals surface area contributed by atoms with Gasteiger partial charge in [0, 0.05) is 12.3 Å². The summed E-state index contributed by atoms with van der Waals surface area (Å²) < 4.78 is 0. The molecule has 2 rings (SSSR count). The monoisotopic (exact) mass is 320 g/mol. The Hall–Kier alpha value is -2.93. The van der Waals surface area contributed by atoms with Gasteiger partial charge in [0.2, 0.25) is 0 Å². The summed E-state index contributed by atoms with van der Waals surface area (Å²) in [4.78, 5) is 25.0. The minimum atomic E-state index is -1.18. The lowest BCUT2D eigenvalue weighted by molar-refractivity contribution is -0.385. The third kappa shape index (κ3) is 3.39. The topological polar surface area (TPSA) is 113 Å². The van der Waals surface area contributed by atoms with E-state index in [1.54, 1.807) is 0 Å². The van der Waals surface area contributed by atoms with Gasteiger partial charge in [-0.1, -0.05) is 11.6 Å². The SMILES string of the molecule is O=C(O)c1cc(N=Cc2ccc(O)c([N+](=O)[O-])c2)ccc1Cl. The lowest BCUT2D eigenvalue weighted by Crippen LogP contribution is -1.96. The summed E-state index contributed by atoms with van der Waals surface area (Å²) in [5.41, 5.74) is 0.188. The molecule has 112 valence electrons. The van der Waals surface area contributed by atoms with Crippen molar-refractivity contribution >= 4 is 35.2 Å². The molecular weight excluding hydrogens is 312 g/mol. The fourth-order valence-corrected chi connectivity index (χ4v) is 1.87. The number of nitro groups is 1. The quantitative estimate of drug-likeness (QED) is 0.509. The van der Waals surface area contributed by atoms with E-state index in [9.17, 15) is 20.0 Å². The number of phenols is 1. The Morgan fingerprint density at radius 2 is 2.00 bits per heavy atom. The van der Waals surface area contributed by atoms with Crippen LogP contribution in [0.25, 0.3) is 0 Å². The lowest BCUT2D eigenvalue weighted by atomic mass is 10.2. The largest absolute Gasteiger partial charge is 0.502 e. The number of nitro benzene ring substituents is 1. The number of carboxylic acids is 1. The van der Waals surface area contributed by atoms with E-state index < -0.39 is 22.3 Å². The van der Waals surface area contributed by atoms with E-state index in [1.807, 2.05) is 0 Å². The fraction of sp³-hybridized carbons (Fsp3) is 0. The van der Waals surface area contributed by atoms with Crippen molar-refractivity contribution in [2.45, 2.75) is 0 Å². The Kier molecular flexibility index (Phi) is 4.38. The number of hydrogen-bond donors (Lipinski definition) is 2. The van der Waals surface area contributed by atoms with Gasteiger partial charge < -0.3 is 10.2 Å². The number of rotatable bonds is 4. The van der Waals surface area contributed by atoms with Crippen molar-refractivity contribution in [2.24, 2.45) is 4.99 Å². The standard InChI is InChI=1S/C14H9ClN2O5/c15-11-3-2-9(6-10(11)14(19)20)16-7-8-1-4-13(18)12(5-8)17(21)22/h1-7,18H,(H,19,20). The zero-order valence-corrected chi connectivity index (χ0v) is 11.7. The molecule has 0 aliphatic heterocycles. The van der Waals surface area contributed by atoms with Crippen LogP contribution in [-0.2, 0) is 0 Å². The van der Waals surface area contributed by atoms with E-state index in [4.69, 9.17) is 16.7 Å². The molecule has 0 bridgehead atoms. The molecule has 0 atom stereocenters. The minimum Gasteiger partial charge on any atom is -0.502 e. The van der Waals surface area contributed by atoms with E-state index in [0.29, 0.717) is 11.3 Å². The van der Waals surface area contributed by atoms with Crippen LogP contribution in [0.2, 0.25) is 5.02 Å². The number of aliphatic imine (C=N–C) groups is 1. The molecule has 0 heterocycles. The molecule has 0 saturated heterocycles. The van der Waals surface area contributed by atoms with Gasteiger partial charge in [-0.15, -0.1) is 0 Å². The van der Waals surface area contributed by atoms with Crippen molar-refractivity contribution in [2.75, 3.05) is 0 Å². The number of carboxylic acid groups (broad SMARTS) is 1. The van der Waals surface area contributed by atoms with Crippen molar-refractivity contribution < 1.29 is 19.9 Å². The molecule has 0 amide bonds. The summed E-state index contributed by atoms with van der Waals surface area (Å²) >= 11 is 5.75. The molecule has 0 aliphatic rings. The Labute approximate surface area is 129 Å². The molecule has 0 radical (unpaired) electrons. The number of phenolic OH excluding ortho intramolecular Hbond substituents is 1. The number of benzene rings is 2. The summed E-state index contributed by atoms with van der Waals surface area (Å²) in [6, 6.07) is 7.99. The lowest BCUT2D eigenvalue weighted by Gasteiger charge is -2.00. The van der Waals surface area contributed by atoms with Crippen LogP contribution in [0.3, 0.4) is 0 Å². The van der Waals surface area contributed by atoms with Crippen LogP contribution in [0, 0.1) is 10.1 Å². The molecule has 2 N–H and O–H groups in total. The molecule has 0 spiro atoms. The molecule has 8 heteroatoms. The maximum Gasteiger partial charge on any atom is 0.337 e. The van der Waals surface area contributed by atoms with Crippen LogP contribution in [0.5, 0.6) is 5.75 Å². The first-order valence-electron chi connectivity index (χ1n) is 5.93. The number of aromatic carboxylic acids is 1. The first kappa shape index (κ1) is 15.5. The molecule has 0 fully saturated rings. The molecule has 2 aromatic carbocycles. The zero-order chi connectivity index (χ0) is 16.3. The summed E-state index contributed by atoms with van der Waals surface area (Å²) in [5.74, 6) is -1.62. The van der Waals surface area contributed by atoms with E-state index >= 15 is 0 Å². The first-order valence-corrected chi connectivity index (χ1v) is 6.30. The molecule has 2 aromatic rings. The summed E-state index contributed by atoms with van der Waals surface area (Å²) in [7, 11) is 0. The van der Waals surface area contributed by atoms with Crippen molar-refractivity contribution in [3.05, 3.63) is 62.7 Å². The van der Waals surface area contributed by atoms with E-state index in [0.717, 1.165) is 6.07 Å². The van der Waals surface area contributed by atoms with Crippen molar-refractivity contribution in [1.29, 1.82) is 0 Å². The van der Waals surface area contributed by atoms with Crippen LogP contribution in [-0.4, -0.2) is 27.3 Å². The Bertz CT molecular complexity index is 723. The predicted octanol–water partition coefficient (Wildman–Crippen LogP) is 3.40. The molecule has 7 nitrogen and oxygen atoms in total. The highest BCUT2D eigenvalue weighted by atomic mass is 35.5. The molecule has 0 unspecified atom stereocenters. The average molecular weight is 321 g/mol. The van der Waals surface area contributed by atoms with Crippen molar-refractivity contribution in [1.82, 2.24) is 0 Å². The third-order valence-corrected chi connectivity index (χ3v) is 3.07. The average Bonchev–Trinajstić information content (AvgIpc) is 2.47. The van der Waals surface area contributed by atoms with Crippen molar-refractivity contribution in [3.63, 3.8) is 0 Å². The van der Waals surface area contributed by atoms with Crippen molar-refractivity contribution in [3.8, 4) is 5.75 Å². The van der Waals surface area contributed by atoms with E-state index in [2.05, 4.69) is 4.99 Å². The smallest absolute Gasteiger partial charge is 0.337 e. The Morgan fingerprint density at radius 3 is 2.64 bits per heavy atom. The molecule has 0 aromatic heterocycles. The molecule has 0 aliphatic carbocycles.